The van der Waals surface area contributed by atoms with Gasteiger partial charge < -0.3 is 5.11 Å². The first-order valence-corrected chi connectivity index (χ1v) is 7.06. The molecule has 2 aromatic rings. The van der Waals surface area contributed by atoms with E-state index in [4.69, 9.17) is 23.2 Å². The van der Waals surface area contributed by atoms with Crippen LogP contribution >= 0.6 is 23.2 Å². The summed E-state index contributed by atoms with van der Waals surface area (Å²) in [6, 6.07) is 15.7. The van der Waals surface area contributed by atoms with E-state index in [9.17, 15) is 5.11 Å². The van der Waals surface area contributed by atoms with Gasteiger partial charge in [-0.3, -0.25) is 0 Å². The van der Waals surface area contributed by atoms with E-state index in [2.05, 4.69) is 12.1 Å². The third-order valence-electron chi connectivity index (χ3n) is 3.25. The Balaban J connectivity index is 2.08. The number of aliphatic hydroxyl groups is 1. The van der Waals surface area contributed by atoms with Crippen molar-refractivity contribution in [2.45, 2.75) is 18.8 Å². The fourth-order valence-corrected chi connectivity index (χ4v) is 2.73. The predicted octanol–water partition coefficient (Wildman–Crippen LogP) is 4.70. The van der Waals surface area contributed by atoms with Gasteiger partial charge in [-0.2, -0.15) is 0 Å². The summed E-state index contributed by atoms with van der Waals surface area (Å²) in [4.78, 5) is 0. The summed E-state index contributed by atoms with van der Waals surface area (Å²) in [5.41, 5.74) is 2.23. The molecular weight excluding hydrogens is 279 g/mol. The smallest absolute Gasteiger partial charge is 0.0500 e. The maximum absolute atomic E-state index is 9.56. The second-order valence-electron chi connectivity index (χ2n) is 4.57. The van der Waals surface area contributed by atoms with Gasteiger partial charge >= 0.3 is 0 Å². The van der Waals surface area contributed by atoms with Crippen molar-refractivity contribution >= 4 is 23.2 Å². The normalized spacial score (nSPS) is 12.4. The summed E-state index contributed by atoms with van der Waals surface area (Å²) in [5.74, 6) is 0.0463. The highest BCUT2D eigenvalue weighted by Crippen LogP contribution is 2.30. The molecule has 0 heterocycles. The topological polar surface area (TPSA) is 20.2 Å². The summed E-state index contributed by atoms with van der Waals surface area (Å²) in [5, 5.41) is 10.8. The van der Waals surface area contributed by atoms with Gasteiger partial charge in [-0.1, -0.05) is 59.6 Å². The molecule has 3 heteroatoms. The molecule has 1 atom stereocenters. The molecule has 2 aromatic carbocycles. The number of aliphatic hydroxyl groups excluding tert-OH is 1. The minimum Gasteiger partial charge on any atom is -0.396 e. The van der Waals surface area contributed by atoms with Crippen LogP contribution < -0.4 is 0 Å². The lowest BCUT2D eigenvalue weighted by Gasteiger charge is -2.16. The molecule has 1 N–H and O–H groups in total. The summed E-state index contributed by atoms with van der Waals surface area (Å²) >= 11 is 12.1. The van der Waals surface area contributed by atoms with Crippen LogP contribution in [0.25, 0.3) is 0 Å². The maximum atomic E-state index is 9.56. The van der Waals surface area contributed by atoms with Crippen LogP contribution in [0, 0.1) is 0 Å². The van der Waals surface area contributed by atoms with Crippen LogP contribution in [-0.2, 0) is 6.42 Å². The number of hydrogen-bond donors (Lipinski definition) is 1. The molecule has 0 aliphatic heterocycles. The van der Waals surface area contributed by atoms with Gasteiger partial charge in [0, 0.05) is 22.6 Å². The van der Waals surface area contributed by atoms with Crippen molar-refractivity contribution in [3.05, 3.63) is 69.7 Å². The lowest BCUT2D eigenvalue weighted by atomic mass is 9.93. The van der Waals surface area contributed by atoms with Crippen molar-refractivity contribution in [1.29, 1.82) is 0 Å². The summed E-state index contributed by atoms with van der Waals surface area (Å²) in [6.45, 7) is 0.0915. The van der Waals surface area contributed by atoms with Gasteiger partial charge in [0.25, 0.3) is 0 Å². The van der Waals surface area contributed by atoms with E-state index in [-0.39, 0.29) is 12.5 Å². The molecule has 100 valence electrons. The first-order valence-electron chi connectivity index (χ1n) is 6.30. The fourth-order valence-electron chi connectivity index (χ4n) is 2.16. The zero-order chi connectivity index (χ0) is 13.7. The molecule has 0 saturated heterocycles. The molecule has 0 spiro atoms. The van der Waals surface area contributed by atoms with Gasteiger partial charge in [0.2, 0.25) is 0 Å². The second kappa shape index (κ2) is 6.95. The van der Waals surface area contributed by atoms with Gasteiger partial charge in [-0.25, -0.2) is 0 Å². The summed E-state index contributed by atoms with van der Waals surface area (Å²) < 4.78 is 0. The highest BCUT2D eigenvalue weighted by Gasteiger charge is 2.14. The van der Waals surface area contributed by atoms with Crippen molar-refractivity contribution < 1.29 is 5.11 Å². The monoisotopic (exact) mass is 294 g/mol. The molecule has 19 heavy (non-hydrogen) atoms. The summed E-state index contributed by atoms with van der Waals surface area (Å²) in [6.07, 6.45) is 1.78. The Morgan fingerprint density at radius 3 is 2.37 bits per heavy atom. The minimum atomic E-state index is 0.0463. The first kappa shape index (κ1) is 14.4. The number of rotatable bonds is 5. The summed E-state index contributed by atoms with van der Waals surface area (Å²) in [7, 11) is 0. The number of benzene rings is 2. The van der Waals surface area contributed by atoms with E-state index in [1.165, 1.54) is 5.56 Å². The van der Waals surface area contributed by atoms with Crippen molar-refractivity contribution in [2.75, 3.05) is 6.61 Å². The second-order valence-corrected chi connectivity index (χ2v) is 5.41. The average molecular weight is 295 g/mol. The van der Waals surface area contributed by atoms with Crippen LogP contribution in [-0.4, -0.2) is 11.7 Å². The van der Waals surface area contributed by atoms with Gasteiger partial charge in [0.15, 0.2) is 0 Å². The Kier molecular flexibility index (Phi) is 5.26. The lowest BCUT2D eigenvalue weighted by molar-refractivity contribution is 0.259. The molecule has 0 bridgehead atoms. The maximum Gasteiger partial charge on any atom is 0.0500 e. The minimum absolute atomic E-state index is 0.0463. The SMILES string of the molecule is OC[C@@H](CCc1ccccc1)c1ccc(Cl)cc1Cl. The molecule has 0 aliphatic carbocycles. The molecule has 0 amide bonds. The van der Waals surface area contributed by atoms with Crippen LogP contribution in [0.2, 0.25) is 10.0 Å². The fraction of sp³-hybridized carbons (Fsp3) is 0.250. The number of hydrogen-bond acceptors (Lipinski definition) is 1. The zero-order valence-corrected chi connectivity index (χ0v) is 12.0. The molecule has 1 nitrogen and oxygen atoms in total. The van der Waals surface area contributed by atoms with Crippen LogP contribution in [0.3, 0.4) is 0 Å². The average Bonchev–Trinajstić information content (AvgIpc) is 2.42. The molecule has 0 unspecified atom stereocenters. The van der Waals surface area contributed by atoms with Crippen LogP contribution in [0.1, 0.15) is 23.5 Å². The Bertz CT molecular complexity index is 526. The lowest BCUT2D eigenvalue weighted by Crippen LogP contribution is -2.06. The Morgan fingerprint density at radius 1 is 1.00 bits per heavy atom. The molecule has 0 saturated carbocycles. The van der Waals surface area contributed by atoms with Gasteiger partial charge in [-0.05, 0) is 36.1 Å². The molecule has 0 radical (unpaired) electrons. The Hall–Kier alpha value is -1.02. The predicted molar refractivity (Wildman–Crippen MR) is 81.1 cm³/mol. The van der Waals surface area contributed by atoms with E-state index < -0.39 is 0 Å². The van der Waals surface area contributed by atoms with E-state index in [1.54, 1.807) is 6.07 Å². The molecular formula is C16H16Cl2O. The molecule has 0 aromatic heterocycles. The first-order chi connectivity index (χ1) is 9.20. The van der Waals surface area contributed by atoms with E-state index in [0.717, 1.165) is 18.4 Å². The zero-order valence-electron chi connectivity index (χ0n) is 10.5. The largest absolute Gasteiger partial charge is 0.396 e. The number of aryl methyl sites for hydroxylation is 1. The van der Waals surface area contributed by atoms with Gasteiger partial charge in [-0.15, -0.1) is 0 Å². The van der Waals surface area contributed by atoms with Gasteiger partial charge in [0.05, 0.1) is 0 Å². The third-order valence-corrected chi connectivity index (χ3v) is 3.81. The number of halogens is 2. The highest BCUT2D eigenvalue weighted by atomic mass is 35.5. The third kappa shape index (κ3) is 3.97. The van der Waals surface area contributed by atoms with E-state index in [0.29, 0.717) is 10.0 Å². The molecule has 0 aliphatic rings. The van der Waals surface area contributed by atoms with Crippen molar-refractivity contribution in [1.82, 2.24) is 0 Å². The van der Waals surface area contributed by atoms with Gasteiger partial charge in [0.1, 0.15) is 0 Å². The molecule has 0 fully saturated rings. The van der Waals surface area contributed by atoms with Crippen molar-refractivity contribution in [3.63, 3.8) is 0 Å². The Labute approximate surface area is 123 Å². The van der Waals surface area contributed by atoms with Crippen LogP contribution in [0.4, 0.5) is 0 Å². The Morgan fingerprint density at radius 2 is 1.74 bits per heavy atom. The van der Waals surface area contributed by atoms with Crippen molar-refractivity contribution in [2.24, 2.45) is 0 Å². The van der Waals surface area contributed by atoms with Crippen LogP contribution in [0.5, 0.6) is 0 Å². The quantitative estimate of drug-likeness (QED) is 0.847. The molecule has 2 rings (SSSR count). The van der Waals surface area contributed by atoms with E-state index >= 15 is 0 Å². The standard InChI is InChI=1S/C16H16Cl2O/c17-14-8-9-15(16(18)10-14)13(11-19)7-6-12-4-2-1-3-5-12/h1-5,8-10,13,19H,6-7,11H2/t13-/m1/s1. The van der Waals surface area contributed by atoms with E-state index in [1.807, 2.05) is 30.3 Å². The highest BCUT2D eigenvalue weighted by molar-refractivity contribution is 6.35. The van der Waals surface area contributed by atoms with Crippen molar-refractivity contribution in [3.8, 4) is 0 Å². The van der Waals surface area contributed by atoms with Crippen LogP contribution in [0.15, 0.2) is 48.5 Å².